The highest BCUT2D eigenvalue weighted by Gasteiger charge is 2.44. The molecule has 0 amide bonds. The second-order valence-electron chi connectivity index (χ2n) is 4.61. The summed E-state index contributed by atoms with van der Waals surface area (Å²) in [6.07, 6.45) is 1.33. The van der Waals surface area contributed by atoms with Crippen molar-refractivity contribution in [2.75, 3.05) is 13.6 Å². The molecule has 1 heterocycles. The summed E-state index contributed by atoms with van der Waals surface area (Å²) in [4.78, 5) is 2.45. The van der Waals surface area contributed by atoms with Crippen molar-refractivity contribution < 1.29 is 0 Å². The molecule has 0 aromatic carbocycles. The molecule has 0 unspecified atom stereocenters. The zero-order chi connectivity index (χ0) is 7.99. The molecule has 1 aliphatic rings. The van der Waals surface area contributed by atoms with E-state index in [1.807, 2.05) is 0 Å². The smallest absolute Gasteiger partial charge is 0.0201 e. The van der Waals surface area contributed by atoms with E-state index in [1.54, 1.807) is 0 Å². The Bertz CT molecular complexity index is 136. The van der Waals surface area contributed by atoms with Crippen molar-refractivity contribution in [3.05, 3.63) is 0 Å². The van der Waals surface area contributed by atoms with E-state index in [0.717, 1.165) is 0 Å². The lowest BCUT2D eigenvalue weighted by molar-refractivity contribution is 0.116. The van der Waals surface area contributed by atoms with Gasteiger partial charge in [0.25, 0.3) is 0 Å². The Labute approximate surface area is 64.4 Å². The van der Waals surface area contributed by atoms with Crippen LogP contribution in [-0.2, 0) is 0 Å². The Balaban J connectivity index is 2.84. The highest BCUT2D eigenvalue weighted by Crippen LogP contribution is 2.43. The van der Waals surface area contributed by atoms with Crippen LogP contribution in [0.4, 0.5) is 0 Å². The van der Waals surface area contributed by atoms with Crippen LogP contribution in [0.3, 0.4) is 0 Å². The van der Waals surface area contributed by atoms with Gasteiger partial charge in [-0.3, -0.25) is 0 Å². The second kappa shape index (κ2) is 1.97. The first-order valence-electron chi connectivity index (χ1n) is 4.09. The van der Waals surface area contributed by atoms with E-state index in [-0.39, 0.29) is 0 Å². The predicted octanol–water partition coefficient (Wildman–Crippen LogP) is 2.13. The standard InChI is InChI=1S/C9H19N/c1-8(2)6-7-10(5)9(8,3)4/h6-7H2,1-5H3. The summed E-state index contributed by atoms with van der Waals surface area (Å²) in [5.41, 5.74) is 0.870. The number of rotatable bonds is 0. The van der Waals surface area contributed by atoms with Crippen LogP contribution in [0.25, 0.3) is 0 Å². The molecule has 0 aromatic heterocycles. The van der Waals surface area contributed by atoms with E-state index in [0.29, 0.717) is 11.0 Å². The molecule has 0 bridgehead atoms. The van der Waals surface area contributed by atoms with Crippen molar-refractivity contribution >= 4 is 0 Å². The maximum absolute atomic E-state index is 2.45. The monoisotopic (exact) mass is 141 g/mol. The normalized spacial score (nSPS) is 30.9. The van der Waals surface area contributed by atoms with E-state index >= 15 is 0 Å². The summed E-state index contributed by atoms with van der Waals surface area (Å²) in [7, 11) is 2.22. The van der Waals surface area contributed by atoms with Gasteiger partial charge in [0, 0.05) is 5.54 Å². The van der Waals surface area contributed by atoms with E-state index in [1.165, 1.54) is 13.0 Å². The lowest BCUT2D eigenvalue weighted by Gasteiger charge is -2.39. The Hall–Kier alpha value is -0.0400. The maximum atomic E-state index is 2.45. The van der Waals surface area contributed by atoms with Gasteiger partial charge in [0.1, 0.15) is 0 Å². The van der Waals surface area contributed by atoms with Gasteiger partial charge in [-0.1, -0.05) is 13.8 Å². The Kier molecular flexibility index (Phi) is 1.59. The van der Waals surface area contributed by atoms with E-state index in [2.05, 4.69) is 39.6 Å². The van der Waals surface area contributed by atoms with Crippen molar-refractivity contribution in [3.8, 4) is 0 Å². The summed E-state index contributed by atoms with van der Waals surface area (Å²) < 4.78 is 0. The Morgan fingerprint density at radius 1 is 1.10 bits per heavy atom. The molecule has 1 nitrogen and oxygen atoms in total. The molecule has 1 heteroatoms. The van der Waals surface area contributed by atoms with Gasteiger partial charge in [-0.15, -0.1) is 0 Å². The second-order valence-corrected chi connectivity index (χ2v) is 4.61. The lowest BCUT2D eigenvalue weighted by atomic mass is 9.75. The fourth-order valence-corrected chi connectivity index (χ4v) is 1.55. The average Bonchev–Trinajstić information content (AvgIpc) is 1.94. The molecule has 0 spiro atoms. The molecule has 1 rings (SSSR count). The molecular formula is C9H19N. The summed E-state index contributed by atoms with van der Waals surface area (Å²) in [6.45, 7) is 10.6. The zero-order valence-electron chi connectivity index (χ0n) is 7.86. The van der Waals surface area contributed by atoms with Crippen LogP contribution in [-0.4, -0.2) is 24.0 Å². The molecule has 0 atom stereocenters. The van der Waals surface area contributed by atoms with Gasteiger partial charge in [-0.05, 0) is 39.3 Å². The van der Waals surface area contributed by atoms with Crippen molar-refractivity contribution in [2.45, 2.75) is 39.7 Å². The van der Waals surface area contributed by atoms with Crippen molar-refractivity contribution in [2.24, 2.45) is 5.41 Å². The fraction of sp³-hybridized carbons (Fsp3) is 1.00. The van der Waals surface area contributed by atoms with Gasteiger partial charge in [0.2, 0.25) is 0 Å². The maximum Gasteiger partial charge on any atom is 0.0201 e. The first kappa shape index (κ1) is 8.06. The highest BCUT2D eigenvalue weighted by atomic mass is 15.2. The molecule has 0 N–H and O–H groups in total. The molecule has 0 aliphatic carbocycles. The molecule has 0 aromatic rings. The van der Waals surface area contributed by atoms with Crippen LogP contribution in [0, 0.1) is 5.41 Å². The molecule has 60 valence electrons. The van der Waals surface area contributed by atoms with Gasteiger partial charge < -0.3 is 4.90 Å². The first-order valence-corrected chi connectivity index (χ1v) is 4.09. The van der Waals surface area contributed by atoms with Crippen LogP contribution in [0.2, 0.25) is 0 Å². The van der Waals surface area contributed by atoms with Crippen molar-refractivity contribution in [1.82, 2.24) is 4.90 Å². The predicted molar refractivity (Wildman–Crippen MR) is 45.1 cm³/mol. The van der Waals surface area contributed by atoms with Gasteiger partial charge in [-0.25, -0.2) is 0 Å². The summed E-state index contributed by atoms with van der Waals surface area (Å²) in [5.74, 6) is 0. The van der Waals surface area contributed by atoms with Crippen LogP contribution in [0.5, 0.6) is 0 Å². The first-order chi connectivity index (χ1) is 4.38. The zero-order valence-corrected chi connectivity index (χ0v) is 7.86. The van der Waals surface area contributed by atoms with E-state index in [4.69, 9.17) is 0 Å². The molecule has 10 heavy (non-hydrogen) atoms. The van der Waals surface area contributed by atoms with Crippen LogP contribution < -0.4 is 0 Å². The molecule has 0 saturated carbocycles. The van der Waals surface area contributed by atoms with Crippen LogP contribution >= 0.6 is 0 Å². The minimum atomic E-state index is 0.382. The van der Waals surface area contributed by atoms with Gasteiger partial charge in [0.15, 0.2) is 0 Å². The van der Waals surface area contributed by atoms with Crippen LogP contribution in [0.1, 0.15) is 34.1 Å². The largest absolute Gasteiger partial charge is 0.301 e. The SMILES string of the molecule is CN1CCC(C)(C)C1(C)C. The molecule has 1 aliphatic heterocycles. The quantitative estimate of drug-likeness (QED) is 0.499. The fourth-order valence-electron chi connectivity index (χ4n) is 1.55. The van der Waals surface area contributed by atoms with Crippen LogP contribution in [0.15, 0.2) is 0 Å². The lowest BCUT2D eigenvalue weighted by Crippen LogP contribution is -2.44. The molecule has 0 radical (unpaired) electrons. The number of hydrogen-bond acceptors (Lipinski definition) is 1. The summed E-state index contributed by atoms with van der Waals surface area (Å²) in [6, 6.07) is 0. The minimum Gasteiger partial charge on any atom is -0.301 e. The third kappa shape index (κ3) is 0.878. The molecule has 1 saturated heterocycles. The average molecular weight is 141 g/mol. The molecule has 1 fully saturated rings. The van der Waals surface area contributed by atoms with Gasteiger partial charge in [-0.2, -0.15) is 0 Å². The van der Waals surface area contributed by atoms with Gasteiger partial charge in [0.05, 0.1) is 0 Å². The highest BCUT2D eigenvalue weighted by molar-refractivity contribution is 4.99. The summed E-state index contributed by atoms with van der Waals surface area (Å²) >= 11 is 0. The number of nitrogens with zero attached hydrogens (tertiary/aromatic N) is 1. The third-order valence-corrected chi connectivity index (χ3v) is 3.68. The minimum absolute atomic E-state index is 0.382. The summed E-state index contributed by atoms with van der Waals surface area (Å²) in [5, 5.41) is 0. The number of likely N-dealkylation sites (tertiary alicyclic amines) is 1. The van der Waals surface area contributed by atoms with E-state index < -0.39 is 0 Å². The topological polar surface area (TPSA) is 3.24 Å². The molecular weight excluding hydrogens is 122 g/mol. The van der Waals surface area contributed by atoms with Gasteiger partial charge >= 0.3 is 0 Å². The Morgan fingerprint density at radius 2 is 1.60 bits per heavy atom. The van der Waals surface area contributed by atoms with Crippen molar-refractivity contribution in [3.63, 3.8) is 0 Å². The third-order valence-electron chi connectivity index (χ3n) is 3.68. The van der Waals surface area contributed by atoms with E-state index in [9.17, 15) is 0 Å². The Morgan fingerprint density at radius 3 is 1.70 bits per heavy atom. The van der Waals surface area contributed by atoms with Crippen molar-refractivity contribution in [1.29, 1.82) is 0 Å². The number of hydrogen-bond donors (Lipinski definition) is 0.